The Kier molecular flexibility index (Phi) is 5.77. The Morgan fingerprint density at radius 1 is 1.27 bits per heavy atom. The summed E-state index contributed by atoms with van der Waals surface area (Å²) < 4.78 is 10.6. The lowest BCUT2D eigenvalue weighted by molar-refractivity contribution is 0.0197. The van der Waals surface area contributed by atoms with Gasteiger partial charge in [-0.05, 0) is 38.5 Å². The van der Waals surface area contributed by atoms with E-state index in [9.17, 15) is 5.11 Å². The highest BCUT2D eigenvalue weighted by Gasteiger charge is 2.21. The van der Waals surface area contributed by atoms with E-state index in [1.807, 2.05) is 12.1 Å². The van der Waals surface area contributed by atoms with Gasteiger partial charge in [0.2, 0.25) is 0 Å². The SMILES string of the molecule is Cc1cccc(C(C)(C)NCC(O)COCc2ccco2)c1. The van der Waals surface area contributed by atoms with E-state index in [4.69, 9.17) is 9.15 Å². The second-order valence-electron chi connectivity index (χ2n) is 6.12. The summed E-state index contributed by atoms with van der Waals surface area (Å²) in [6.07, 6.45) is 1.06. The van der Waals surface area contributed by atoms with Gasteiger partial charge >= 0.3 is 0 Å². The standard InChI is InChI=1S/C18H25NO3/c1-14-6-4-7-15(10-14)18(2,3)19-11-16(20)12-21-13-17-8-5-9-22-17/h4-10,16,19-20H,11-13H2,1-3H3. The third-order valence-electron chi connectivity index (χ3n) is 3.65. The lowest BCUT2D eigenvalue weighted by Gasteiger charge is -2.28. The zero-order valence-corrected chi connectivity index (χ0v) is 13.5. The molecular formula is C18H25NO3. The van der Waals surface area contributed by atoms with Crippen molar-refractivity contribution < 1.29 is 14.3 Å². The first-order chi connectivity index (χ1) is 10.5. The Labute approximate surface area is 132 Å². The fourth-order valence-electron chi connectivity index (χ4n) is 2.26. The van der Waals surface area contributed by atoms with E-state index in [-0.39, 0.29) is 12.1 Å². The molecule has 0 aliphatic rings. The molecule has 2 aromatic rings. The van der Waals surface area contributed by atoms with Crippen molar-refractivity contribution in [2.24, 2.45) is 0 Å². The molecule has 120 valence electrons. The molecule has 2 rings (SSSR count). The molecule has 0 fully saturated rings. The Balaban J connectivity index is 1.76. The van der Waals surface area contributed by atoms with Gasteiger partial charge in [0.05, 0.1) is 19.0 Å². The van der Waals surface area contributed by atoms with Crippen molar-refractivity contribution in [3.63, 3.8) is 0 Å². The molecule has 1 aromatic carbocycles. The molecule has 1 unspecified atom stereocenters. The molecule has 1 heterocycles. The Morgan fingerprint density at radius 2 is 2.09 bits per heavy atom. The number of hydrogen-bond acceptors (Lipinski definition) is 4. The first-order valence-electron chi connectivity index (χ1n) is 7.58. The van der Waals surface area contributed by atoms with E-state index in [0.717, 1.165) is 5.76 Å². The van der Waals surface area contributed by atoms with E-state index in [2.05, 4.69) is 50.4 Å². The third kappa shape index (κ3) is 4.98. The molecule has 0 bridgehead atoms. The zero-order chi connectivity index (χ0) is 16.0. The highest BCUT2D eigenvalue weighted by Crippen LogP contribution is 2.20. The van der Waals surface area contributed by atoms with Crippen molar-refractivity contribution in [2.75, 3.05) is 13.2 Å². The number of nitrogens with one attached hydrogen (secondary N) is 1. The van der Waals surface area contributed by atoms with E-state index in [1.165, 1.54) is 11.1 Å². The normalized spacial score (nSPS) is 13.3. The molecule has 0 amide bonds. The second kappa shape index (κ2) is 7.58. The molecule has 0 saturated heterocycles. The topological polar surface area (TPSA) is 54.6 Å². The highest BCUT2D eigenvalue weighted by atomic mass is 16.5. The first-order valence-corrected chi connectivity index (χ1v) is 7.58. The quantitative estimate of drug-likeness (QED) is 0.787. The van der Waals surface area contributed by atoms with Crippen LogP contribution in [0.1, 0.15) is 30.7 Å². The lowest BCUT2D eigenvalue weighted by atomic mass is 9.93. The van der Waals surface area contributed by atoms with Crippen LogP contribution in [0.25, 0.3) is 0 Å². The molecule has 1 atom stereocenters. The minimum absolute atomic E-state index is 0.200. The molecule has 0 saturated carbocycles. The van der Waals surface area contributed by atoms with E-state index >= 15 is 0 Å². The van der Waals surface area contributed by atoms with Crippen LogP contribution < -0.4 is 5.32 Å². The van der Waals surface area contributed by atoms with Gasteiger partial charge in [-0.15, -0.1) is 0 Å². The molecule has 0 aliphatic heterocycles. The smallest absolute Gasteiger partial charge is 0.129 e. The molecular weight excluding hydrogens is 278 g/mol. The molecule has 2 N–H and O–H groups in total. The summed E-state index contributed by atoms with van der Waals surface area (Å²) in [6.45, 7) is 7.43. The highest BCUT2D eigenvalue weighted by molar-refractivity contribution is 5.27. The van der Waals surface area contributed by atoms with Gasteiger partial charge in [-0.3, -0.25) is 0 Å². The number of hydrogen-bond donors (Lipinski definition) is 2. The minimum Gasteiger partial charge on any atom is -0.467 e. The van der Waals surface area contributed by atoms with Crippen LogP contribution in [0, 0.1) is 6.92 Å². The van der Waals surface area contributed by atoms with Gasteiger partial charge in [-0.2, -0.15) is 0 Å². The summed E-state index contributed by atoms with van der Waals surface area (Å²) in [5, 5.41) is 13.4. The summed E-state index contributed by atoms with van der Waals surface area (Å²) in [5.74, 6) is 0.764. The molecule has 0 spiro atoms. The van der Waals surface area contributed by atoms with Crippen molar-refractivity contribution in [3.05, 3.63) is 59.5 Å². The number of furan rings is 1. The Hall–Kier alpha value is -1.62. The predicted octanol–water partition coefficient (Wildman–Crippen LogP) is 2.99. The first kappa shape index (κ1) is 16.7. The zero-order valence-electron chi connectivity index (χ0n) is 13.5. The Morgan fingerprint density at radius 3 is 2.77 bits per heavy atom. The largest absolute Gasteiger partial charge is 0.467 e. The molecule has 1 aromatic heterocycles. The molecule has 22 heavy (non-hydrogen) atoms. The predicted molar refractivity (Wildman–Crippen MR) is 86.6 cm³/mol. The average molecular weight is 303 g/mol. The maximum absolute atomic E-state index is 10.0. The van der Waals surface area contributed by atoms with Gasteiger partial charge in [-0.25, -0.2) is 0 Å². The van der Waals surface area contributed by atoms with E-state index in [0.29, 0.717) is 13.2 Å². The maximum Gasteiger partial charge on any atom is 0.129 e. The number of aliphatic hydroxyl groups is 1. The van der Waals surface area contributed by atoms with Gasteiger partial charge < -0.3 is 19.6 Å². The second-order valence-corrected chi connectivity index (χ2v) is 6.12. The van der Waals surface area contributed by atoms with Crippen LogP contribution in [0.3, 0.4) is 0 Å². The third-order valence-corrected chi connectivity index (χ3v) is 3.65. The number of aryl methyl sites for hydroxylation is 1. The van der Waals surface area contributed by atoms with Crippen LogP contribution in [0.5, 0.6) is 0 Å². The van der Waals surface area contributed by atoms with Gasteiger partial charge in [0, 0.05) is 12.1 Å². The number of aliphatic hydroxyl groups excluding tert-OH is 1. The molecule has 4 heteroatoms. The van der Waals surface area contributed by atoms with Gasteiger partial charge in [0.25, 0.3) is 0 Å². The van der Waals surface area contributed by atoms with Crippen molar-refractivity contribution >= 4 is 0 Å². The van der Waals surface area contributed by atoms with Crippen molar-refractivity contribution in [1.82, 2.24) is 5.32 Å². The summed E-state index contributed by atoms with van der Waals surface area (Å²) in [4.78, 5) is 0. The van der Waals surface area contributed by atoms with Crippen LogP contribution in [0.2, 0.25) is 0 Å². The average Bonchev–Trinajstić information content (AvgIpc) is 2.99. The van der Waals surface area contributed by atoms with E-state index < -0.39 is 6.10 Å². The Bertz CT molecular complexity index is 563. The van der Waals surface area contributed by atoms with Crippen LogP contribution in [-0.2, 0) is 16.9 Å². The summed E-state index contributed by atoms with van der Waals surface area (Å²) in [6, 6.07) is 12.1. The van der Waals surface area contributed by atoms with E-state index in [1.54, 1.807) is 6.26 Å². The van der Waals surface area contributed by atoms with Crippen LogP contribution >= 0.6 is 0 Å². The molecule has 0 aliphatic carbocycles. The van der Waals surface area contributed by atoms with Crippen LogP contribution in [0.4, 0.5) is 0 Å². The summed E-state index contributed by atoms with van der Waals surface area (Å²) in [5.41, 5.74) is 2.24. The van der Waals surface area contributed by atoms with Crippen LogP contribution in [-0.4, -0.2) is 24.4 Å². The number of benzene rings is 1. The monoisotopic (exact) mass is 303 g/mol. The van der Waals surface area contributed by atoms with Gasteiger partial charge in [0.1, 0.15) is 12.4 Å². The van der Waals surface area contributed by atoms with Crippen molar-refractivity contribution in [2.45, 2.75) is 39.0 Å². The number of ether oxygens (including phenoxy) is 1. The summed E-state index contributed by atoms with van der Waals surface area (Å²) >= 11 is 0. The van der Waals surface area contributed by atoms with Crippen LogP contribution in [0.15, 0.2) is 47.1 Å². The van der Waals surface area contributed by atoms with Crippen molar-refractivity contribution in [1.29, 1.82) is 0 Å². The number of rotatable bonds is 8. The van der Waals surface area contributed by atoms with Gasteiger partial charge in [0.15, 0.2) is 0 Å². The molecule has 0 radical (unpaired) electrons. The summed E-state index contributed by atoms with van der Waals surface area (Å²) in [7, 11) is 0. The lowest BCUT2D eigenvalue weighted by Crippen LogP contribution is -2.42. The molecule has 4 nitrogen and oxygen atoms in total. The fraction of sp³-hybridized carbons (Fsp3) is 0.444. The fourth-order valence-corrected chi connectivity index (χ4v) is 2.26. The van der Waals surface area contributed by atoms with Gasteiger partial charge in [-0.1, -0.05) is 29.8 Å². The maximum atomic E-state index is 10.0. The minimum atomic E-state index is -0.556. The van der Waals surface area contributed by atoms with Crippen molar-refractivity contribution in [3.8, 4) is 0 Å².